The van der Waals surface area contributed by atoms with Crippen molar-refractivity contribution in [3.63, 3.8) is 0 Å². The second-order valence-corrected chi connectivity index (χ2v) is 2.69. The van der Waals surface area contributed by atoms with Gasteiger partial charge >= 0.3 is 0 Å². The first-order chi connectivity index (χ1) is 5.29. The summed E-state index contributed by atoms with van der Waals surface area (Å²) in [7, 11) is 1.61. The Bertz CT molecular complexity index is 170. The Labute approximate surface area is 65.3 Å². The van der Waals surface area contributed by atoms with Crippen molar-refractivity contribution in [3.8, 4) is 0 Å². The minimum absolute atomic E-state index is 0.00907. The van der Waals surface area contributed by atoms with Crippen LogP contribution in [0.1, 0.15) is 12.8 Å². The largest absolute Gasteiger partial charge is 0.359 e. The van der Waals surface area contributed by atoms with Crippen molar-refractivity contribution in [2.24, 2.45) is 5.92 Å². The molecule has 1 saturated carbocycles. The lowest BCUT2D eigenvalue weighted by molar-refractivity contribution is -0.128. The van der Waals surface area contributed by atoms with Gasteiger partial charge in [-0.3, -0.25) is 9.59 Å². The third kappa shape index (κ3) is 1.50. The van der Waals surface area contributed by atoms with Crippen LogP contribution in [0.2, 0.25) is 0 Å². The number of carbonyl (C=O) groups excluding carboxylic acids is 2. The van der Waals surface area contributed by atoms with Crippen molar-refractivity contribution in [1.29, 1.82) is 0 Å². The van der Waals surface area contributed by atoms with Crippen LogP contribution in [0.3, 0.4) is 0 Å². The van der Waals surface area contributed by atoms with Gasteiger partial charge in [-0.2, -0.15) is 0 Å². The van der Waals surface area contributed by atoms with Gasteiger partial charge in [-0.15, -0.1) is 0 Å². The fraction of sp³-hybridized carbons (Fsp3) is 0.714. The molecule has 0 radical (unpaired) electrons. The molecule has 1 rings (SSSR count). The third-order valence-electron chi connectivity index (χ3n) is 2.14. The number of rotatable bonds is 3. The molecule has 0 aromatic rings. The second kappa shape index (κ2) is 3.37. The molecular formula is C7H12N2O2. The van der Waals surface area contributed by atoms with Gasteiger partial charge in [0.1, 0.15) is 0 Å². The van der Waals surface area contributed by atoms with E-state index < -0.39 is 0 Å². The van der Waals surface area contributed by atoms with Gasteiger partial charge in [0.25, 0.3) is 0 Å². The first-order valence-corrected chi connectivity index (χ1v) is 3.71. The minimum Gasteiger partial charge on any atom is -0.359 e. The minimum atomic E-state index is -0.00907. The van der Waals surface area contributed by atoms with E-state index in [1.54, 1.807) is 7.05 Å². The molecule has 1 aliphatic carbocycles. The maximum Gasteiger partial charge on any atom is 0.224 e. The first kappa shape index (κ1) is 8.04. The Morgan fingerprint density at radius 3 is 2.64 bits per heavy atom. The highest BCUT2D eigenvalue weighted by atomic mass is 16.2. The molecule has 4 heteroatoms. The molecule has 1 aliphatic rings. The van der Waals surface area contributed by atoms with E-state index in [-0.39, 0.29) is 17.9 Å². The van der Waals surface area contributed by atoms with E-state index in [1.807, 2.05) is 0 Å². The van der Waals surface area contributed by atoms with E-state index in [1.165, 1.54) is 0 Å². The van der Waals surface area contributed by atoms with E-state index in [2.05, 4.69) is 10.6 Å². The Morgan fingerprint density at radius 2 is 2.27 bits per heavy atom. The molecule has 0 aromatic heterocycles. The normalized spacial score (nSPS) is 28.5. The fourth-order valence-corrected chi connectivity index (χ4v) is 1.29. The molecule has 0 saturated heterocycles. The highest BCUT2D eigenvalue weighted by molar-refractivity contribution is 5.80. The van der Waals surface area contributed by atoms with Crippen LogP contribution in [-0.4, -0.2) is 25.4 Å². The van der Waals surface area contributed by atoms with Crippen molar-refractivity contribution < 1.29 is 9.59 Å². The van der Waals surface area contributed by atoms with E-state index in [0.29, 0.717) is 6.41 Å². The molecule has 0 aromatic carbocycles. The van der Waals surface area contributed by atoms with E-state index in [9.17, 15) is 9.59 Å². The van der Waals surface area contributed by atoms with Gasteiger partial charge in [-0.05, 0) is 12.8 Å². The predicted molar refractivity (Wildman–Crippen MR) is 39.8 cm³/mol. The summed E-state index contributed by atoms with van der Waals surface area (Å²) in [4.78, 5) is 21.0. The molecule has 0 bridgehead atoms. The molecule has 2 atom stereocenters. The zero-order chi connectivity index (χ0) is 8.27. The van der Waals surface area contributed by atoms with Crippen LogP contribution in [-0.2, 0) is 9.59 Å². The average molecular weight is 156 g/mol. The van der Waals surface area contributed by atoms with E-state index in [0.717, 1.165) is 12.8 Å². The lowest BCUT2D eigenvalue weighted by Crippen LogP contribution is -2.50. The highest BCUT2D eigenvalue weighted by Gasteiger charge is 2.35. The van der Waals surface area contributed by atoms with Crippen molar-refractivity contribution in [3.05, 3.63) is 0 Å². The fourth-order valence-electron chi connectivity index (χ4n) is 1.29. The molecule has 0 unspecified atom stereocenters. The molecule has 2 amide bonds. The standard InChI is InChI=1S/C7H12N2O2/c1-8-7(11)5-2-3-6(5)9-4-10/h4-6H,2-3H2,1H3,(H,8,11)(H,9,10)/t5-,6-/m1/s1. The zero-order valence-corrected chi connectivity index (χ0v) is 6.46. The summed E-state index contributed by atoms with van der Waals surface area (Å²) >= 11 is 0. The van der Waals surface area contributed by atoms with Crippen LogP contribution in [0, 0.1) is 5.92 Å². The molecule has 62 valence electrons. The Kier molecular flexibility index (Phi) is 2.46. The van der Waals surface area contributed by atoms with Crippen LogP contribution in [0.4, 0.5) is 0 Å². The lowest BCUT2D eigenvalue weighted by atomic mass is 9.79. The summed E-state index contributed by atoms with van der Waals surface area (Å²) in [6.07, 6.45) is 2.45. The Morgan fingerprint density at radius 1 is 1.55 bits per heavy atom. The van der Waals surface area contributed by atoms with Gasteiger partial charge in [-0.1, -0.05) is 0 Å². The topological polar surface area (TPSA) is 58.2 Å². The number of carbonyl (C=O) groups is 2. The van der Waals surface area contributed by atoms with E-state index >= 15 is 0 Å². The predicted octanol–water partition coefficient (Wildman–Crippen LogP) is -0.743. The molecule has 2 N–H and O–H groups in total. The summed E-state index contributed by atoms with van der Waals surface area (Å²) < 4.78 is 0. The highest BCUT2D eigenvalue weighted by Crippen LogP contribution is 2.26. The van der Waals surface area contributed by atoms with Crippen molar-refractivity contribution >= 4 is 12.3 Å². The van der Waals surface area contributed by atoms with Crippen LogP contribution < -0.4 is 10.6 Å². The molecule has 1 fully saturated rings. The maximum atomic E-state index is 11.0. The van der Waals surface area contributed by atoms with Gasteiger partial charge in [0.15, 0.2) is 0 Å². The lowest BCUT2D eigenvalue weighted by Gasteiger charge is -2.34. The Balaban J connectivity index is 2.36. The zero-order valence-electron chi connectivity index (χ0n) is 6.46. The molecule has 0 heterocycles. The SMILES string of the molecule is CNC(=O)[C@@H]1CC[C@H]1NC=O. The van der Waals surface area contributed by atoms with Gasteiger partial charge in [0.05, 0.1) is 5.92 Å². The maximum absolute atomic E-state index is 11.0. The van der Waals surface area contributed by atoms with Gasteiger partial charge in [0, 0.05) is 13.1 Å². The van der Waals surface area contributed by atoms with Crippen LogP contribution in [0.25, 0.3) is 0 Å². The van der Waals surface area contributed by atoms with Crippen molar-refractivity contribution in [2.75, 3.05) is 7.05 Å². The molecule has 0 aliphatic heterocycles. The third-order valence-corrected chi connectivity index (χ3v) is 2.14. The number of hydrogen-bond acceptors (Lipinski definition) is 2. The average Bonchev–Trinajstić information content (AvgIpc) is 1.98. The second-order valence-electron chi connectivity index (χ2n) is 2.69. The van der Waals surface area contributed by atoms with Crippen molar-refractivity contribution in [1.82, 2.24) is 10.6 Å². The summed E-state index contributed by atoms with van der Waals surface area (Å²) in [6.45, 7) is 0. The van der Waals surface area contributed by atoms with Gasteiger partial charge < -0.3 is 10.6 Å². The van der Waals surface area contributed by atoms with Gasteiger partial charge in [-0.25, -0.2) is 0 Å². The Hall–Kier alpha value is -1.06. The summed E-state index contributed by atoms with van der Waals surface area (Å²) in [5.74, 6) is 0.0146. The van der Waals surface area contributed by atoms with Crippen molar-refractivity contribution in [2.45, 2.75) is 18.9 Å². The monoisotopic (exact) mass is 156 g/mol. The quantitative estimate of drug-likeness (QED) is 0.528. The molecule has 4 nitrogen and oxygen atoms in total. The number of nitrogens with one attached hydrogen (secondary N) is 2. The van der Waals surface area contributed by atoms with E-state index in [4.69, 9.17) is 0 Å². The van der Waals surface area contributed by atoms with Gasteiger partial charge in [0.2, 0.25) is 12.3 Å². The smallest absolute Gasteiger partial charge is 0.224 e. The number of hydrogen-bond donors (Lipinski definition) is 2. The molecule has 0 spiro atoms. The van der Waals surface area contributed by atoms with Crippen LogP contribution in [0.5, 0.6) is 0 Å². The first-order valence-electron chi connectivity index (χ1n) is 3.71. The van der Waals surface area contributed by atoms with Crippen LogP contribution >= 0.6 is 0 Å². The summed E-state index contributed by atoms with van der Waals surface area (Å²) in [5.41, 5.74) is 0. The molecular weight excluding hydrogens is 144 g/mol. The number of amides is 2. The summed E-state index contributed by atoms with van der Waals surface area (Å²) in [6, 6.07) is 0.0625. The summed E-state index contributed by atoms with van der Waals surface area (Å²) in [5, 5.41) is 5.17. The molecule has 11 heavy (non-hydrogen) atoms. The van der Waals surface area contributed by atoms with Crippen LogP contribution in [0.15, 0.2) is 0 Å².